The largest absolute Gasteiger partial charge is 0.338 e. The molecule has 3 heterocycles. The lowest BCUT2D eigenvalue weighted by Gasteiger charge is -2.29. The summed E-state index contributed by atoms with van der Waals surface area (Å²) in [5, 5.41) is 0. The number of likely N-dealkylation sites (tertiary alicyclic amines) is 1. The lowest BCUT2D eigenvalue weighted by Crippen LogP contribution is -2.37. The number of carbonyl (C=O) groups excluding carboxylic acids is 1. The Bertz CT molecular complexity index is 825. The summed E-state index contributed by atoms with van der Waals surface area (Å²) in [6, 6.07) is 6.55. The highest BCUT2D eigenvalue weighted by molar-refractivity contribution is 5.79. The van der Waals surface area contributed by atoms with E-state index in [9.17, 15) is 9.18 Å². The minimum Gasteiger partial charge on any atom is -0.338 e. The van der Waals surface area contributed by atoms with Crippen LogP contribution in [0, 0.1) is 5.82 Å². The predicted molar refractivity (Wildman–Crippen MR) is 95.9 cm³/mol. The van der Waals surface area contributed by atoms with Gasteiger partial charge in [0.25, 0.3) is 0 Å². The lowest BCUT2D eigenvalue weighted by atomic mass is 10.0. The maximum atomic E-state index is 13.3. The van der Waals surface area contributed by atoms with Crippen LogP contribution in [0.4, 0.5) is 4.39 Å². The van der Waals surface area contributed by atoms with E-state index in [0.717, 1.165) is 36.5 Å². The van der Waals surface area contributed by atoms with Crippen LogP contribution in [0.2, 0.25) is 0 Å². The van der Waals surface area contributed by atoms with E-state index in [4.69, 9.17) is 4.98 Å². The van der Waals surface area contributed by atoms with Gasteiger partial charge in [0.05, 0.1) is 18.2 Å². The summed E-state index contributed by atoms with van der Waals surface area (Å²) in [5.41, 5.74) is 2.79. The maximum Gasteiger partial charge on any atom is 0.227 e. The van der Waals surface area contributed by atoms with Crippen LogP contribution in [0.3, 0.4) is 0 Å². The Morgan fingerprint density at radius 3 is 3.00 bits per heavy atom. The summed E-state index contributed by atoms with van der Waals surface area (Å²) < 4.78 is 13.3. The van der Waals surface area contributed by atoms with Crippen molar-refractivity contribution in [1.82, 2.24) is 19.8 Å². The summed E-state index contributed by atoms with van der Waals surface area (Å²) in [6.45, 7) is 2.27. The highest BCUT2D eigenvalue weighted by Gasteiger charge is 2.27. The third kappa shape index (κ3) is 3.46. The zero-order chi connectivity index (χ0) is 18.1. The molecule has 0 bridgehead atoms. The van der Waals surface area contributed by atoms with Crippen LogP contribution >= 0.6 is 0 Å². The van der Waals surface area contributed by atoms with Crippen LogP contribution in [-0.4, -0.2) is 45.8 Å². The first-order valence-electron chi connectivity index (χ1n) is 9.17. The Morgan fingerprint density at radius 2 is 2.23 bits per heavy atom. The van der Waals surface area contributed by atoms with E-state index in [1.54, 1.807) is 12.1 Å². The molecule has 1 aromatic carbocycles. The van der Waals surface area contributed by atoms with E-state index in [2.05, 4.69) is 16.9 Å². The normalized spacial score (nSPS) is 20.2. The highest BCUT2D eigenvalue weighted by Crippen LogP contribution is 2.29. The zero-order valence-corrected chi connectivity index (χ0v) is 15.0. The number of hydrogen-bond donors (Lipinski definition) is 0. The van der Waals surface area contributed by atoms with E-state index in [1.807, 2.05) is 11.1 Å². The average molecular weight is 354 g/mol. The Kier molecular flexibility index (Phi) is 4.68. The van der Waals surface area contributed by atoms with Gasteiger partial charge in [-0.2, -0.15) is 0 Å². The van der Waals surface area contributed by atoms with Crippen LogP contribution < -0.4 is 0 Å². The fourth-order valence-electron chi connectivity index (χ4n) is 3.87. The van der Waals surface area contributed by atoms with Crippen molar-refractivity contribution in [1.29, 1.82) is 0 Å². The van der Waals surface area contributed by atoms with Gasteiger partial charge in [-0.1, -0.05) is 12.1 Å². The van der Waals surface area contributed by atoms with Gasteiger partial charge in [0.1, 0.15) is 11.6 Å². The number of aromatic nitrogens is 2. The molecule has 0 radical (unpaired) electrons. The summed E-state index contributed by atoms with van der Waals surface area (Å²) in [6.07, 6.45) is 5.14. The van der Waals surface area contributed by atoms with Gasteiger partial charge < -0.3 is 4.90 Å². The average Bonchev–Trinajstić information content (AvgIpc) is 3.07. The molecular formula is C20H23FN4O. The SMILES string of the molecule is CN1CCC[C@@H]1c1ncc2c(n1)CCN(C(=O)Cc1cccc(F)c1)C2. The molecule has 0 unspecified atom stereocenters. The quantitative estimate of drug-likeness (QED) is 0.850. The third-order valence-electron chi connectivity index (χ3n) is 5.37. The minimum atomic E-state index is -0.308. The van der Waals surface area contributed by atoms with Crippen molar-refractivity contribution in [3.8, 4) is 0 Å². The summed E-state index contributed by atoms with van der Waals surface area (Å²) in [7, 11) is 2.12. The van der Waals surface area contributed by atoms with Crippen molar-refractivity contribution in [3.63, 3.8) is 0 Å². The second-order valence-electron chi connectivity index (χ2n) is 7.21. The molecule has 136 valence electrons. The molecule has 2 aliphatic rings. The first-order chi connectivity index (χ1) is 12.6. The number of amides is 1. The van der Waals surface area contributed by atoms with E-state index in [-0.39, 0.29) is 18.1 Å². The van der Waals surface area contributed by atoms with Crippen LogP contribution in [0.5, 0.6) is 0 Å². The molecule has 26 heavy (non-hydrogen) atoms. The minimum absolute atomic E-state index is 0.0147. The molecule has 1 saturated heterocycles. The number of benzene rings is 1. The van der Waals surface area contributed by atoms with Crippen LogP contribution in [0.1, 0.15) is 41.5 Å². The van der Waals surface area contributed by atoms with Gasteiger partial charge in [-0.25, -0.2) is 14.4 Å². The Balaban J connectivity index is 1.45. The second-order valence-corrected chi connectivity index (χ2v) is 7.21. The van der Waals surface area contributed by atoms with E-state index in [0.29, 0.717) is 24.7 Å². The van der Waals surface area contributed by atoms with Gasteiger partial charge in [0, 0.05) is 31.3 Å². The molecule has 6 heteroatoms. The van der Waals surface area contributed by atoms with E-state index in [1.165, 1.54) is 18.6 Å². The Hall–Kier alpha value is -2.34. The monoisotopic (exact) mass is 354 g/mol. The molecule has 2 aliphatic heterocycles. The van der Waals surface area contributed by atoms with Gasteiger partial charge in [0.15, 0.2) is 0 Å². The van der Waals surface area contributed by atoms with Crippen molar-refractivity contribution in [2.45, 2.75) is 38.3 Å². The number of fused-ring (bicyclic) bond motifs is 1. The Labute approximate surface area is 152 Å². The highest BCUT2D eigenvalue weighted by atomic mass is 19.1. The molecule has 1 amide bonds. The van der Waals surface area contributed by atoms with Crippen LogP contribution in [0.25, 0.3) is 0 Å². The van der Waals surface area contributed by atoms with Gasteiger partial charge in [-0.15, -0.1) is 0 Å². The molecule has 1 fully saturated rings. The molecule has 2 aromatic rings. The third-order valence-corrected chi connectivity index (χ3v) is 5.37. The van der Waals surface area contributed by atoms with Crippen LogP contribution in [0.15, 0.2) is 30.5 Å². The zero-order valence-electron chi connectivity index (χ0n) is 15.0. The van der Waals surface area contributed by atoms with Crippen molar-refractivity contribution in [2.75, 3.05) is 20.1 Å². The molecule has 1 atom stereocenters. The Morgan fingerprint density at radius 1 is 1.35 bits per heavy atom. The van der Waals surface area contributed by atoms with Crippen molar-refractivity contribution >= 4 is 5.91 Å². The molecule has 0 N–H and O–H groups in total. The smallest absolute Gasteiger partial charge is 0.227 e. The maximum absolute atomic E-state index is 13.3. The standard InChI is InChI=1S/C20H23FN4O/c1-24-8-3-6-18(24)20-22-12-15-13-25(9-7-17(15)23-20)19(26)11-14-4-2-5-16(21)10-14/h2,4-5,10,12,18H,3,6-9,11,13H2,1H3/t18-/m1/s1. The summed E-state index contributed by atoms with van der Waals surface area (Å²) in [4.78, 5) is 26.1. The van der Waals surface area contributed by atoms with Crippen molar-refractivity contribution in [2.24, 2.45) is 0 Å². The second kappa shape index (κ2) is 7.11. The van der Waals surface area contributed by atoms with Gasteiger partial charge in [-0.05, 0) is 44.1 Å². The first-order valence-corrected chi connectivity index (χ1v) is 9.17. The van der Waals surface area contributed by atoms with Gasteiger partial charge in [-0.3, -0.25) is 9.69 Å². The summed E-state index contributed by atoms with van der Waals surface area (Å²) in [5.74, 6) is 0.612. The molecule has 0 spiro atoms. The number of nitrogens with zero attached hydrogens (tertiary/aromatic N) is 4. The number of rotatable bonds is 3. The first kappa shape index (κ1) is 17.1. The van der Waals surface area contributed by atoms with Crippen molar-refractivity contribution < 1.29 is 9.18 Å². The number of halogens is 1. The topological polar surface area (TPSA) is 49.3 Å². The summed E-state index contributed by atoms with van der Waals surface area (Å²) >= 11 is 0. The molecule has 5 nitrogen and oxygen atoms in total. The van der Waals surface area contributed by atoms with Gasteiger partial charge >= 0.3 is 0 Å². The van der Waals surface area contributed by atoms with Crippen molar-refractivity contribution in [3.05, 3.63) is 58.9 Å². The molecule has 1 aromatic heterocycles. The van der Waals surface area contributed by atoms with Crippen LogP contribution in [-0.2, 0) is 24.2 Å². The van der Waals surface area contributed by atoms with Gasteiger partial charge in [0.2, 0.25) is 5.91 Å². The molecular weight excluding hydrogens is 331 g/mol. The predicted octanol–water partition coefficient (Wildman–Crippen LogP) is 2.51. The molecule has 0 saturated carbocycles. The fourth-order valence-corrected chi connectivity index (χ4v) is 3.87. The lowest BCUT2D eigenvalue weighted by molar-refractivity contribution is -0.131. The number of hydrogen-bond acceptors (Lipinski definition) is 4. The molecule has 4 rings (SSSR count). The van der Waals surface area contributed by atoms with E-state index >= 15 is 0 Å². The molecule has 0 aliphatic carbocycles. The number of carbonyl (C=O) groups is 1. The van der Waals surface area contributed by atoms with E-state index < -0.39 is 0 Å². The fraction of sp³-hybridized carbons (Fsp3) is 0.450.